The normalized spacial score (nSPS) is 34.0. The predicted molar refractivity (Wildman–Crippen MR) is 49.1 cm³/mol. The average molecular weight is 172 g/mol. The number of rotatable bonds is 3. The molecule has 0 bridgehead atoms. The molecule has 0 heterocycles. The Hall–Kier alpha value is -0.0800. The van der Waals surface area contributed by atoms with Gasteiger partial charge >= 0.3 is 0 Å². The number of aliphatic hydroxyl groups is 1. The van der Waals surface area contributed by atoms with Gasteiger partial charge in [-0.25, -0.2) is 0 Å². The van der Waals surface area contributed by atoms with Gasteiger partial charge in [-0.1, -0.05) is 13.8 Å². The van der Waals surface area contributed by atoms with Gasteiger partial charge in [0.05, 0.1) is 12.2 Å². The van der Waals surface area contributed by atoms with Gasteiger partial charge in [0.2, 0.25) is 0 Å². The highest BCUT2D eigenvalue weighted by atomic mass is 16.5. The van der Waals surface area contributed by atoms with Crippen LogP contribution in [0.4, 0.5) is 0 Å². The molecule has 1 unspecified atom stereocenters. The fourth-order valence-electron chi connectivity index (χ4n) is 1.93. The Morgan fingerprint density at radius 2 is 2.00 bits per heavy atom. The summed E-state index contributed by atoms with van der Waals surface area (Å²) in [5.74, 6) is 0. The molecule has 1 N–H and O–H groups in total. The lowest BCUT2D eigenvalue weighted by Gasteiger charge is -2.36. The fourth-order valence-corrected chi connectivity index (χ4v) is 1.93. The summed E-state index contributed by atoms with van der Waals surface area (Å²) >= 11 is 0. The van der Waals surface area contributed by atoms with Crippen molar-refractivity contribution in [1.29, 1.82) is 0 Å². The minimum atomic E-state index is -0.580. The lowest BCUT2D eigenvalue weighted by atomic mass is 9.78. The van der Waals surface area contributed by atoms with Gasteiger partial charge in [0.15, 0.2) is 0 Å². The zero-order valence-electron chi connectivity index (χ0n) is 8.39. The molecule has 0 spiro atoms. The molecule has 0 saturated heterocycles. The van der Waals surface area contributed by atoms with E-state index in [4.69, 9.17) is 4.74 Å². The smallest absolute Gasteiger partial charge is 0.0930 e. The maximum atomic E-state index is 10.2. The monoisotopic (exact) mass is 172 g/mol. The molecule has 0 amide bonds. The van der Waals surface area contributed by atoms with Crippen molar-refractivity contribution < 1.29 is 9.84 Å². The molecule has 0 aliphatic heterocycles. The van der Waals surface area contributed by atoms with Crippen LogP contribution in [0.1, 0.15) is 40.0 Å². The summed E-state index contributed by atoms with van der Waals surface area (Å²) in [4.78, 5) is 0. The molecule has 0 aromatic heterocycles. The quantitative estimate of drug-likeness (QED) is 0.705. The summed E-state index contributed by atoms with van der Waals surface area (Å²) in [7, 11) is 0. The van der Waals surface area contributed by atoms with Crippen LogP contribution in [-0.4, -0.2) is 23.9 Å². The van der Waals surface area contributed by atoms with Crippen LogP contribution in [0.2, 0.25) is 0 Å². The van der Waals surface area contributed by atoms with E-state index >= 15 is 0 Å². The maximum Gasteiger partial charge on any atom is 0.0930 e. The molecule has 1 saturated carbocycles. The van der Waals surface area contributed by atoms with Crippen molar-refractivity contribution in [3.63, 3.8) is 0 Å². The highest BCUT2D eigenvalue weighted by Crippen LogP contribution is 2.45. The second-order valence-corrected chi connectivity index (χ2v) is 4.41. The Labute approximate surface area is 74.9 Å². The first-order valence-electron chi connectivity index (χ1n) is 4.82. The molecule has 0 aromatic rings. The van der Waals surface area contributed by atoms with Gasteiger partial charge in [-0.15, -0.1) is 0 Å². The van der Waals surface area contributed by atoms with Crippen LogP contribution in [0, 0.1) is 5.41 Å². The molecule has 2 heteroatoms. The molecule has 12 heavy (non-hydrogen) atoms. The van der Waals surface area contributed by atoms with Gasteiger partial charge in [0.1, 0.15) is 0 Å². The van der Waals surface area contributed by atoms with Gasteiger partial charge in [-0.3, -0.25) is 0 Å². The summed E-state index contributed by atoms with van der Waals surface area (Å²) in [6.45, 7) is 7.40. The van der Waals surface area contributed by atoms with Gasteiger partial charge in [-0.05, 0) is 31.6 Å². The van der Waals surface area contributed by atoms with E-state index < -0.39 is 5.60 Å². The molecule has 2 nitrogen and oxygen atoms in total. The zero-order chi connectivity index (χ0) is 9.24. The lowest BCUT2D eigenvalue weighted by Crippen LogP contribution is -2.44. The molecule has 1 atom stereocenters. The summed E-state index contributed by atoms with van der Waals surface area (Å²) in [6.07, 6.45) is 3.12. The maximum absolute atomic E-state index is 10.2. The lowest BCUT2D eigenvalue weighted by molar-refractivity contribution is -0.0997. The van der Waals surface area contributed by atoms with Crippen molar-refractivity contribution in [3.05, 3.63) is 0 Å². The van der Waals surface area contributed by atoms with Crippen molar-refractivity contribution in [1.82, 2.24) is 0 Å². The summed E-state index contributed by atoms with van der Waals surface area (Å²) in [6, 6.07) is 0. The van der Waals surface area contributed by atoms with Crippen LogP contribution in [-0.2, 0) is 4.74 Å². The molecular formula is C10H20O2. The van der Waals surface area contributed by atoms with Gasteiger partial charge in [0, 0.05) is 6.61 Å². The summed E-state index contributed by atoms with van der Waals surface area (Å²) < 4.78 is 5.31. The molecule has 1 aliphatic carbocycles. The van der Waals surface area contributed by atoms with E-state index in [0.29, 0.717) is 13.2 Å². The topological polar surface area (TPSA) is 29.5 Å². The number of hydrogen-bond donors (Lipinski definition) is 1. The van der Waals surface area contributed by atoms with Crippen molar-refractivity contribution in [2.45, 2.75) is 45.6 Å². The second-order valence-electron chi connectivity index (χ2n) is 4.41. The molecule has 0 aromatic carbocycles. The van der Waals surface area contributed by atoms with Crippen molar-refractivity contribution in [3.8, 4) is 0 Å². The molecule has 0 radical (unpaired) electrons. The standard InChI is InChI=1S/C10H20O2/c1-4-12-8-10(11)7-5-6-9(10,2)3/h11H,4-8H2,1-3H3. The van der Waals surface area contributed by atoms with Crippen LogP contribution in [0.15, 0.2) is 0 Å². The van der Waals surface area contributed by atoms with E-state index in [1.54, 1.807) is 0 Å². The average Bonchev–Trinajstić information content (AvgIpc) is 2.24. The molecule has 1 aliphatic rings. The first kappa shape index (κ1) is 10.0. The zero-order valence-corrected chi connectivity index (χ0v) is 8.39. The Kier molecular flexibility index (Phi) is 2.79. The molecular weight excluding hydrogens is 152 g/mol. The van der Waals surface area contributed by atoms with E-state index in [9.17, 15) is 5.11 Å². The molecule has 1 fully saturated rings. The Balaban J connectivity index is 2.56. The van der Waals surface area contributed by atoms with E-state index in [2.05, 4.69) is 13.8 Å². The van der Waals surface area contributed by atoms with Gasteiger partial charge in [0.25, 0.3) is 0 Å². The molecule has 1 rings (SSSR count). The highest BCUT2D eigenvalue weighted by Gasteiger charge is 2.47. The van der Waals surface area contributed by atoms with E-state index in [1.807, 2.05) is 6.92 Å². The van der Waals surface area contributed by atoms with Gasteiger partial charge < -0.3 is 9.84 Å². The minimum absolute atomic E-state index is 0.0299. The largest absolute Gasteiger partial charge is 0.387 e. The van der Waals surface area contributed by atoms with Gasteiger partial charge in [-0.2, -0.15) is 0 Å². The Bertz CT molecular complexity index is 154. The van der Waals surface area contributed by atoms with E-state index in [1.165, 1.54) is 0 Å². The van der Waals surface area contributed by atoms with E-state index in [0.717, 1.165) is 19.3 Å². The predicted octanol–water partition coefficient (Wildman–Crippen LogP) is 1.96. The summed E-state index contributed by atoms with van der Waals surface area (Å²) in [5, 5.41) is 10.2. The van der Waals surface area contributed by atoms with Crippen LogP contribution < -0.4 is 0 Å². The SMILES string of the molecule is CCOCC1(O)CCCC1(C)C. The van der Waals surface area contributed by atoms with Crippen molar-refractivity contribution in [2.24, 2.45) is 5.41 Å². The van der Waals surface area contributed by atoms with E-state index in [-0.39, 0.29) is 5.41 Å². The first-order chi connectivity index (χ1) is 5.52. The first-order valence-corrected chi connectivity index (χ1v) is 4.82. The highest BCUT2D eigenvalue weighted by molar-refractivity contribution is 4.98. The van der Waals surface area contributed by atoms with Crippen LogP contribution in [0.3, 0.4) is 0 Å². The fraction of sp³-hybridized carbons (Fsp3) is 1.00. The van der Waals surface area contributed by atoms with Crippen LogP contribution in [0.25, 0.3) is 0 Å². The third-order valence-corrected chi connectivity index (χ3v) is 3.20. The Morgan fingerprint density at radius 3 is 2.42 bits per heavy atom. The van der Waals surface area contributed by atoms with Crippen molar-refractivity contribution >= 4 is 0 Å². The van der Waals surface area contributed by atoms with Crippen LogP contribution >= 0.6 is 0 Å². The molecule has 72 valence electrons. The van der Waals surface area contributed by atoms with Crippen molar-refractivity contribution in [2.75, 3.05) is 13.2 Å². The number of hydrogen-bond acceptors (Lipinski definition) is 2. The minimum Gasteiger partial charge on any atom is -0.387 e. The third-order valence-electron chi connectivity index (χ3n) is 3.20. The van der Waals surface area contributed by atoms with Crippen LogP contribution in [0.5, 0.6) is 0 Å². The Morgan fingerprint density at radius 1 is 1.33 bits per heavy atom. The number of ether oxygens (including phenoxy) is 1. The second kappa shape index (κ2) is 3.35. The third kappa shape index (κ3) is 1.64. The summed E-state index contributed by atoms with van der Waals surface area (Å²) in [5.41, 5.74) is -0.550.